The summed E-state index contributed by atoms with van der Waals surface area (Å²) >= 11 is 15.6. The first-order valence-electron chi connectivity index (χ1n) is 10.0. The minimum absolute atomic E-state index is 0.241. The highest BCUT2D eigenvalue weighted by molar-refractivity contribution is 9.10. The molecule has 182 valence electrons. The predicted octanol–water partition coefficient (Wildman–Crippen LogP) is 5.44. The van der Waals surface area contributed by atoms with E-state index in [0.717, 1.165) is 5.56 Å². The lowest BCUT2D eigenvalue weighted by atomic mass is 10.2. The number of benzene rings is 3. The molecule has 0 heterocycles. The van der Waals surface area contributed by atoms with E-state index >= 15 is 0 Å². The number of carbonyl (C=O) groups excluding carboxylic acids is 2. The second-order valence-corrected chi connectivity index (χ2v) is 8.61. The first-order chi connectivity index (χ1) is 16.8. The van der Waals surface area contributed by atoms with Crippen molar-refractivity contribution < 1.29 is 23.8 Å². The number of rotatable bonds is 8. The number of anilines is 1. The molecule has 0 spiro atoms. The number of methoxy groups -OCH3 is 2. The van der Waals surface area contributed by atoms with Crippen molar-refractivity contribution in [3.05, 3.63) is 80.2 Å². The van der Waals surface area contributed by atoms with Crippen molar-refractivity contribution >= 4 is 62.8 Å². The number of ether oxygens (including phenoxy) is 3. The molecule has 0 atom stereocenters. The van der Waals surface area contributed by atoms with Crippen molar-refractivity contribution in [2.45, 2.75) is 6.61 Å². The molecule has 3 rings (SSSR count). The Bertz CT molecular complexity index is 1270. The fourth-order valence-electron chi connectivity index (χ4n) is 2.89. The molecule has 0 aliphatic rings. The van der Waals surface area contributed by atoms with Crippen LogP contribution in [0.2, 0.25) is 10.0 Å². The van der Waals surface area contributed by atoms with E-state index in [4.69, 9.17) is 37.4 Å². The van der Waals surface area contributed by atoms with Gasteiger partial charge in [-0.15, -0.1) is 0 Å². The molecular formula is C24H20BrCl2N3O5. The van der Waals surface area contributed by atoms with Crippen LogP contribution in [0.4, 0.5) is 5.69 Å². The quantitative estimate of drug-likeness (QED) is 0.210. The van der Waals surface area contributed by atoms with Crippen LogP contribution < -0.4 is 25.0 Å². The minimum Gasteiger partial charge on any atom is -0.495 e. The van der Waals surface area contributed by atoms with Crippen LogP contribution in [0.5, 0.6) is 17.2 Å². The Labute approximate surface area is 220 Å². The van der Waals surface area contributed by atoms with Crippen LogP contribution in [-0.4, -0.2) is 32.2 Å². The van der Waals surface area contributed by atoms with Gasteiger partial charge in [0, 0.05) is 15.6 Å². The lowest BCUT2D eigenvalue weighted by molar-refractivity contribution is -0.136. The topological polar surface area (TPSA) is 98.2 Å². The molecule has 35 heavy (non-hydrogen) atoms. The number of carbonyl (C=O) groups is 2. The van der Waals surface area contributed by atoms with Crippen molar-refractivity contribution in [3.8, 4) is 17.2 Å². The molecule has 0 aliphatic heterocycles. The van der Waals surface area contributed by atoms with E-state index in [2.05, 4.69) is 31.8 Å². The normalized spacial score (nSPS) is 10.7. The molecule has 0 saturated carbocycles. The van der Waals surface area contributed by atoms with Gasteiger partial charge in [0.1, 0.15) is 12.4 Å². The highest BCUT2D eigenvalue weighted by Gasteiger charge is 2.16. The molecule has 0 saturated heterocycles. The number of halogens is 3. The van der Waals surface area contributed by atoms with Crippen molar-refractivity contribution in [3.63, 3.8) is 0 Å². The Balaban J connectivity index is 1.65. The van der Waals surface area contributed by atoms with Gasteiger partial charge in [-0.05, 0) is 57.9 Å². The summed E-state index contributed by atoms with van der Waals surface area (Å²) in [6, 6.07) is 15.4. The highest BCUT2D eigenvalue weighted by Crippen LogP contribution is 2.37. The summed E-state index contributed by atoms with van der Waals surface area (Å²) in [7, 11) is 2.93. The molecule has 0 bridgehead atoms. The lowest BCUT2D eigenvalue weighted by Gasteiger charge is -2.14. The van der Waals surface area contributed by atoms with E-state index in [-0.39, 0.29) is 12.3 Å². The molecule has 11 heteroatoms. The van der Waals surface area contributed by atoms with Gasteiger partial charge in [-0.25, -0.2) is 5.43 Å². The van der Waals surface area contributed by atoms with Crippen LogP contribution >= 0.6 is 39.1 Å². The third-order valence-electron chi connectivity index (χ3n) is 4.58. The molecule has 2 N–H and O–H groups in total. The van der Waals surface area contributed by atoms with Gasteiger partial charge >= 0.3 is 11.8 Å². The van der Waals surface area contributed by atoms with Crippen LogP contribution in [-0.2, 0) is 16.2 Å². The minimum atomic E-state index is -0.978. The maximum Gasteiger partial charge on any atom is 0.329 e. The summed E-state index contributed by atoms with van der Waals surface area (Å²) in [6.45, 7) is 0.241. The summed E-state index contributed by atoms with van der Waals surface area (Å²) in [5, 5.41) is 7.24. The van der Waals surface area contributed by atoms with Crippen LogP contribution in [0.3, 0.4) is 0 Å². The number of nitrogens with zero attached hydrogens (tertiary/aromatic N) is 1. The zero-order valence-electron chi connectivity index (χ0n) is 18.6. The molecule has 0 radical (unpaired) electrons. The van der Waals surface area contributed by atoms with Gasteiger partial charge in [-0.1, -0.05) is 41.4 Å². The summed E-state index contributed by atoms with van der Waals surface area (Å²) in [5.41, 5.74) is 3.83. The first-order valence-corrected chi connectivity index (χ1v) is 11.6. The summed E-state index contributed by atoms with van der Waals surface area (Å²) < 4.78 is 17.1. The first kappa shape index (κ1) is 26.3. The van der Waals surface area contributed by atoms with Crippen LogP contribution in [0.15, 0.2) is 64.2 Å². The van der Waals surface area contributed by atoms with Crippen molar-refractivity contribution in [2.75, 3.05) is 19.5 Å². The van der Waals surface area contributed by atoms with Gasteiger partial charge in [0.05, 0.1) is 30.6 Å². The van der Waals surface area contributed by atoms with Gasteiger partial charge in [0.25, 0.3) is 0 Å². The zero-order chi connectivity index (χ0) is 25.4. The Hall–Kier alpha value is -3.27. The maximum absolute atomic E-state index is 12.2. The van der Waals surface area contributed by atoms with Crippen LogP contribution in [0.1, 0.15) is 11.1 Å². The zero-order valence-corrected chi connectivity index (χ0v) is 21.7. The van der Waals surface area contributed by atoms with Gasteiger partial charge < -0.3 is 19.5 Å². The van der Waals surface area contributed by atoms with E-state index in [1.807, 2.05) is 18.2 Å². The summed E-state index contributed by atoms with van der Waals surface area (Å²) in [4.78, 5) is 24.3. The monoisotopic (exact) mass is 579 g/mol. The standard InChI is InChI=1S/C24H20BrCl2N3O5/c1-33-20-8-7-16(26)11-19(20)29-23(31)24(32)30-28-12-14-9-17(25)22(21(10-14)34-2)35-13-15-5-3-4-6-18(15)27/h3-12H,13H2,1-2H3,(H,29,31)(H,30,32). The predicted molar refractivity (Wildman–Crippen MR) is 139 cm³/mol. The van der Waals surface area contributed by atoms with Gasteiger partial charge in [-0.2, -0.15) is 5.10 Å². The van der Waals surface area contributed by atoms with Gasteiger partial charge in [-0.3, -0.25) is 9.59 Å². The fraction of sp³-hybridized carbons (Fsp3) is 0.125. The Morgan fingerprint density at radius 1 is 1.00 bits per heavy atom. The lowest BCUT2D eigenvalue weighted by Crippen LogP contribution is -2.32. The van der Waals surface area contributed by atoms with E-state index in [1.54, 1.807) is 30.3 Å². The van der Waals surface area contributed by atoms with Crippen molar-refractivity contribution in [1.82, 2.24) is 5.43 Å². The third-order valence-corrected chi connectivity index (χ3v) is 5.77. The second kappa shape index (κ2) is 12.4. The molecule has 0 unspecified atom stereocenters. The average Bonchev–Trinajstić information content (AvgIpc) is 2.84. The van der Waals surface area contributed by atoms with E-state index in [0.29, 0.717) is 37.3 Å². The summed E-state index contributed by atoms with van der Waals surface area (Å²) in [6.07, 6.45) is 1.36. The largest absolute Gasteiger partial charge is 0.495 e. The molecular weight excluding hydrogens is 561 g/mol. The number of hydrazone groups is 1. The van der Waals surface area contributed by atoms with Crippen LogP contribution in [0, 0.1) is 0 Å². The fourth-order valence-corrected chi connectivity index (χ4v) is 3.83. The van der Waals surface area contributed by atoms with Gasteiger partial charge in [0.2, 0.25) is 0 Å². The second-order valence-electron chi connectivity index (χ2n) is 6.91. The number of nitrogens with one attached hydrogen (secondary N) is 2. The maximum atomic E-state index is 12.2. The number of amides is 2. The highest BCUT2D eigenvalue weighted by atomic mass is 79.9. The van der Waals surface area contributed by atoms with E-state index in [1.165, 1.54) is 26.5 Å². The molecule has 3 aromatic carbocycles. The Morgan fingerprint density at radius 3 is 2.46 bits per heavy atom. The van der Waals surface area contributed by atoms with E-state index < -0.39 is 11.8 Å². The number of hydrogen-bond acceptors (Lipinski definition) is 6. The molecule has 0 aliphatic carbocycles. The van der Waals surface area contributed by atoms with Crippen LogP contribution in [0.25, 0.3) is 0 Å². The molecule has 0 fully saturated rings. The molecule has 3 aromatic rings. The Kier molecular flexibility index (Phi) is 9.36. The third kappa shape index (κ3) is 7.11. The molecule has 8 nitrogen and oxygen atoms in total. The van der Waals surface area contributed by atoms with Gasteiger partial charge in [0.15, 0.2) is 11.5 Å². The summed E-state index contributed by atoms with van der Waals surface area (Å²) in [5.74, 6) is -0.653. The number of hydrogen-bond donors (Lipinski definition) is 2. The average molecular weight is 581 g/mol. The van der Waals surface area contributed by atoms with Crippen molar-refractivity contribution in [2.24, 2.45) is 5.10 Å². The molecule has 2 amide bonds. The Morgan fingerprint density at radius 2 is 1.74 bits per heavy atom. The molecule has 0 aromatic heterocycles. The van der Waals surface area contributed by atoms with Crippen molar-refractivity contribution in [1.29, 1.82) is 0 Å². The van der Waals surface area contributed by atoms with E-state index in [9.17, 15) is 9.59 Å². The SMILES string of the molecule is COc1ccc(Cl)cc1NC(=O)C(=O)NN=Cc1cc(Br)c(OCc2ccccc2Cl)c(OC)c1. The smallest absolute Gasteiger partial charge is 0.329 e.